The van der Waals surface area contributed by atoms with E-state index < -0.39 is 0 Å². The quantitative estimate of drug-likeness (QED) is 0.820. The summed E-state index contributed by atoms with van der Waals surface area (Å²) in [6.45, 7) is 0.722. The molecule has 0 aliphatic carbocycles. The number of rotatable bonds is 3. The Bertz CT molecular complexity index is 531. The Balaban J connectivity index is 1.60. The molecular weight excluding hydrogens is 264 g/mol. The van der Waals surface area contributed by atoms with Gasteiger partial charge < -0.3 is 4.74 Å². The van der Waals surface area contributed by atoms with Gasteiger partial charge in [0, 0.05) is 15.2 Å². The number of fused-ring (bicyclic) bond motifs is 1. The van der Waals surface area contributed by atoms with Crippen molar-refractivity contribution < 1.29 is 4.74 Å². The van der Waals surface area contributed by atoms with E-state index in [1.165, 1.54) is 10.5 Å². The Kier molecular flexibility index (Phi) is 3.48. The second-order valence-electron chi connectivity index (χ2n) is 4.32. The van der Waals surface area contributed by atoms with E-state index >= 15 is 0 Å². The van der Waals surface area contributed by atoms with Crippen molar-refractivity contribution in [3.8, 4) is 5.75 Å². The molecule has 1 aliphatic rings. The van der Waals surface area contributed by atoms with Crippen LogP contribution in [0.15, 0.2) is 53.4 Å². The average molecular weight is 277 g/mol. The third-order valence-electron chi connectivity index (χ3n) is 2.95. The summed E-state index contributed by atoms with van der Waals surface area (Å²) in [4.78, 5) is 1.39. The van der Waals surface area contributed by atoms with Gasteiger partial charge >= 0.3 is 0 Å². The van der Waals surface area contributed by atoms with Gasteiger partial charge in [-0.25, -0.2) is 0 Å². The zero-order valence-electron chi connectivity index (χ0n) is 9.80. The highest BCUT2D eigenvalue weighted by molar-refractivity contribution is 8.00. The number of hydrogen-bond donors (Lipinski definition) is 0. The van der Waals surface area contributed by atoms with Crippen LogP contribution < -0.4 is 4.74 Å². The third kappa shape index (κ3) is 2.65. The molecule has 0 saturated heterocycles. The third-order valence-corrected chi connectivity index (χ3v) is 4.47. The SMILES string of the molecule is Clc1cccc(OCC2Cc3ccccc3S2)c1. The van der Waals surface area contributed by atoms with E-state index in [0.29, 0.717) is 5.25 Å². The van der Waals surface area contributed by atoms with Gasteiger partial charge in [0.15, 0.2) is 0 Å². The molecule has 2 aromatic rings. The predicted octanol–water partition coefficient (Wildman–Crippen LogP) is 4.44. The molecule has 3 rings (SSSR count). The first-order valence-electron chi connectivity index (χ1n) is 5.94. The van der Waals surface area contributed by atoms with E-state index in [1.807, 2.05) is 36.0 Å². The molecule has 92 valence electrons. The van der Waals surface area contributed by atoms with Crippen LogP contribution in [0.4, 0.5) is 0 Å². The lowest BCUT2D eigenvalue weighted by molar-refractivity contribution is 0.317. The Labute approximate surface area is 116 Å². The minimum atomic E-state index is 0.501. The summed E-state index contributed by atoms with van der Waals surface area (Å²) in [7, 11) is 0. The van der Waals surface area contributed by atoms with Crippen LogP contribution in [0, 0.1) is 0 Å². The van der Waals surface area contributed by atoms with Crippen molar-refractivity contribution in [3.63, 3.8) is 0 Å². The van der Waals surface area contributed by atoms with Crippen LogP contribution in [0.25, 0.3) is 0 Å². The maximum absolute atomic E-state index is 5.93. The molecular formula is C15H13ClOS. The second-order valence-corrected chi connectivity index (χ2v) is 6.10. The summed E-state index contributed by atoms with van der Waals surface area (Å²) in [5.74, 6) is 0.846. The molecule has 1 heterocycles. The molecule has 0 bridgehead atoms. The summed E-state index contributed by atoms with van der Waals surface area (Å²) >= 11 is 7.83. The lowest BCUT2D eigenvalue weighted by atomic mass is 10.1. The van der Waals surface area contributed by atoms with Gasteiger partial charge in [0.1, 0.15) is 12.4 Å². The smallest absolute Gasteiger partial charge is 0.120 e. The van der Waals surface area contributed by atoms with Gasteiger partial charge in [-0.2, -0.15) is 0 Å². The topological polar surface area (TPSA) is 9.23 Å². The Morgan fingerprint density at radius 3 is 2.89 bits per heavy atom. The minimum Gasteiger partial charge on any atom is -0.492 e. The summed E-state index contributed by atoms with van der Waals surface area (Å²) in [5.41, 5.74) is 1.43. The molecule has 0 N–H and O–H groups in total. The van der Waals surface area contributed by atoms with Crippen molar-refractivity contribution in [3.05, 3.63) is 59.1 Å². The van der Waals surface area contributed by atoms with Gasteiger partial charge in [0.25, 0.3) is 0 Å². The van der Waals surface area contributed by atoms with Crippen molar-refractivity contribution in [1.82, 2.24) is 0 Å². The van der Waals surface area contributed by atoms with Gasteiger partial charge in [0.2, 0.25) is 0 Å². The van der Waals surface area contributed by atoms with E-state index in [1.54, 1.807) is 0 Å². The molecule has 0 fully saturated rings. The molecule has 0 amide bonds. The molecule has 0 saturated carbocycles. The van der Waals surface area contributed by atoms with E-state index in [2.05, 4.69) is 24.3 Å². The first kappa shape index (κ1) is 11.9. The fourth-order valence-corrected chi connectivity index (χ4v) is 3.49. The molecule has 1 atom stereocenters. The maximum atomic E-state index is 5.93. The molecule has 3 heteroatoms. The van der Waals surface area contributed by atoms with Crippen LogP contribution in [0.3, 0.4) is 0 Å². The maximum Gasteiger partial charge on any atom is 0.120 e. The molecule has 2 aromatic carbocycles. The predicted molar refractivity (Wildman–Crippen MR) is 76.7 cm³/mol. The van der Waals surface area contributed by atoms with Gasteiger partial charge in [-0.15, -0.1) is 11.8 Å². The Morgan fingerprint density at radius 2 is 2.06 bits per heavy atom. The van der Waals surface area contributed by atoms with Crippen LogP contribution in [0.1, 0.15) is 5.56 Å². The van der Waals surface area contributed by atoms with Gasteiger partial charge in [-0.3, -0.25) is 0 Å². The number of halogens is 1. The Morgan fingerprint density at radius 1 is 1.17 bits per heavy atom. The summed E-state index contributed by atoms with van der Waals surface area (Å²) < 4.78 is 5.80. The van der Waals surface area contributed by atoms with Crippen molar-refractivity contribution >= 4 is 23.4 Å². The highest BCUT2D eigenvalue weighted by atomic mass is 35.5. The fraction of sp³-hybridized carbons (Fsp3) is 0.200. The highest BCUT2D eigenvalue weighted by Gasteiger charge is 2.22. The van der Waals surface area contributed by atoms with Crippen molar-refractivity contribution in [1.29, 1.82) is 0 Å². The van der Waals surface area contributed by atoms with Crippen molar-refractivity contribution in [2.45, 2.75) is 16.6 Å². The Hall–Kier alpha value is -1.12. The molecule has 1 unspecified atom stereocenters. The first-order chi connectivity index (χ1) is 8.81. The molecule has 1 nitrogen and oxygen atoms in total. The van der Waals surface area contributed by atoms with E-state index in [-0.39, 0.29) is 0 Å². The summed E-state index contributed by atoms with van der Waals surface area (Å²) in [6.07, 6.45) is 1.08. The molecule has 0 spiro atoms. The van der Waals surface area contributed by atoms with Crippen LogP contribution in [0.2, 0.25) is 5.02 Å². The van der Waals surface area contributed by atoms with Crippen molar-refractivity contribution in [2.24, 2.45) is 0 Å². The lowest BCUT2D eigenvalue weighted by Crippen LogP contribution is -2.13. The summed E-state index contributed by atoms with van der Waals surface area (Å²) in [6, 6.07) is 16.1. The standard InChI is InChI=1S/C15H13ClOS/c16-12-5-3-6-13(9-12)17-10-14-8-11-4-1-2-7-15(11)18-14/h1-7,9,14H,8,10H2. The molecule has 1 aliphatic heterocycles. The number of hydrogen-bond acceptors (Lipinski definition) is 2. The largest absolute Gasteiger partial charge is 0.492 e. The normalized spacial score (nSPS) is 17.5. The van der Waals surface area contributed by atoms with Crippen LogP contribution >= 0.6 is 23.4 Å². The zero-order valence-corrected chi connectivity index (χ0v) is 11.4. The average Bonchev–Trinajstić information content (AvgIpc) is 2.79. The van der Waals surface area contributed by atoms with Crippen LogP contribution in [-0.4, -0.2) is 11.9 Å². The molecule has 0 aromatic heterocycles. The van der Waals surface area contributed by atoms with Crippen LogP contribution in [-0.2, 0) is 6.42 Å². The molecule has 18 heavy (non-hydrogen) atoms. The summed E-state index contributed by atoms with van der Waals surface area (Å²) in [5, 5.41) is 1.22. The number of benzene rings is 2. The highest BCUT2D eigenvalue weighted by Crippen LogP contribution is 2.36. The van der Waals surface area contributed by atoms with Gasteiger partial charge in [0.05, 0.1) is 0 Å². The monoisotopic (exact) mass is 276 g/mol. The zero-order chi connectivity index (χ0) is 12.4. The number of ether oxygens (including phenoxy) is 1. The fourth-order valence-electron chi connectivity index (χ4n) is 2.09. The van der Waals surface area contributed by atoms with Crippen molar-refractivity contribution in [2.75, 3.05) is 6.61 Å². The first-order valence-corrected chi connectivity index (χ1v) is 7.20. The molecule has 0 radical (unpaired) electrons. The lowest BCUT2D eigenvalue weighted by Gasteiger charge is -2.10. The van der Waals surface area contributed by atoms with E-state index in [4.69, 9.17) is 16.3 Å². The van der Waals surface area contributed by atoms with E-state index in [9.17, 15) is 0 Å². The number of thioether (sulfide) groups is 1. The van der Waals surface area contributed by atoms with Gasteiger partial charge in [-0.1, -0.05) is 35.9 Å². The van der Waals surface area contributed by atoms with E-state index in [0.717, 1.165) is 23.8 Å². The van der Waals surface area contributed by atoms with Crippen LogP contribution in [0.5, 0.6) is 5.75 Å². The minimum absolute atomic E-state index is 0.501. The second kappa shape index (κ2) is 5.25. The van der Waals surface area contributed by atoms with Gasteiger partial charge in [-0.05, 0) is 36.2 Å².